The first-order valence-electron chi connectivity index (χ1n) is 6.25. The number of imidazole rings is 1. The summed E-state index contributed by atoms with van der Waals surface area (Å²) in [7, 11) is 0. The maximum absolute atomic E-state index is 5.35. The molecule has 1 fully saturated rings. The van der Waals surface area contributed by atoms with Gasteiger partial charge in [0.15, 0.2) is 0 Å². The first-order valence-corrected chi connectivity index (χ1v) is 6.25. The minimum atomic E-state index is 0.525. The van der Waals surface area contributed by atoms with Gasteiger partial charge in [0, 0.05) is 38.2 Å². The second-order valence-electron chi connectivity index (χ2n) is 4.33. The molecule has 0 bridgehead atoms. The zero-order valence-corrected chi connectivity index (χ0v) is 9.98. The maximum Gasteiger partial charge on any atom is 0.202 e. The number of nitrogens with one attached hydrogen (secondary N) is 1. The fraction of sp³-hybridized carbons (Fsp3) is 0.750. The van der Waals surface area contributed by atoms with Crippen molar-refractivity contribution in [2.24, 2.45) is 0 Å². The van der Waals surface area contributed by atoms with Crippen LogP contribution < -0.4 is 5.32 Å². The van der Waals surface area contributed by atoms with Crippen LogP contribution in [-0.4, -0.2) is 28.8 Å². The highest BCUT2D eigenvalue weighted by molar-refractivity contribution is 5.27. The molecule has 0 saturated carbocycles. The lowest BCUT2D eigenvalue weighted by atomic mass is 10.1. The fourth-order valence-electron chi connectivity index (χ4n) is 1.98. The van der Waals surface area contributed by atoms with Crippen LogP contribution >= 0.6 is 0 Å². The molecule has 0 spiro atoms. The van der Waals surface area contributed by atoms with Crippen molar-refractivity contribution in [3.05, 3.63) is 12.4 Å². The van der Waals surface area contributed by atoms with Crippen LogP contribution in [0.2, 0.25) is 0 Å². The number of nitrogens with zero attached hydrogens (tertiary/aromatic N) is 2. The van der Waals surface area contributed by atoms with E-state index in [4.69, 9.17) is 4.74 Å². The molecule has 0 aliphatic carbocycles. The average molecular weight is 223 g/mol. The molecule has 1 aliphatic heterocycles. The van der Waals surface area contributed by atoms with Gasteiger partial charge in [0.2, 0.25) is 5.95 Å². The molecule has 0 radical (unpaired) electrons. The van der Waals surface area contributed by atoms with Crippen molar-refractivity contribution < 1.29 is 4.74 Å². The molecule has 1 aliphatic rings. The first kappa shape index (κ1) is 11.5. The molecule has 1 saturated heterocycles. The van der Waals surface area contributed by atoms with Gasteiger partial charge >= 0.3 is 0 Å². The smallest absolute Gasteiger partial charge is 0.202 e. The van der Waals surface area contributed by atoms with Gasteiger partial charge in [-0.15, -0.1) is 0 Å². The Hall–Kier alpha value is -1.03. The van der Waals surface area contributed by atoms with E-state index in [0.717, 1.165) is 38.5 Å². The third-order valence-corrected chi connectivity index (χ3v) is 3.02. The molecule has 1 aromatic rings. The van der Waals surface area contributed by atoms with Crippen LogP contribution in [-0.2, 0) is 11.3 Å². The molecule has 1 aromatic heterocycles. The second kappa shape index (κ2) is 5.89. The summed E-state index contributed by atoms with van der Waals surface area (Å²) in [6.45, 7) is 5.01. The molecule has 0 amide bonds. The third-order valence-electron chi connectivity index (χ3n) is 3.02. The van der Waals surface area contributed by atoms with Crippen molar-refractivity contribution in [3.63, 3.8) is 0 Å². The molecule has 16 heavy (non-hydrogen) atoms. The van der Waals surface area contributed by atoms with E-state index in [1.54, 1.807) is 0 Å². The molecule has 4 heteroatoms. The molecule has 0 aromatic carbocycles. The zero-order valence-electron chi connectivity index (χ0n) is 9.98. The van der Waals surface area contributed by atoms with Crippen LogP contribution in [0.3, 0.4) is 0 Å². The predicted molar refractivity (Wildman–Crippen MR) is 64.6 cm³/mol. The van der Waals surface area contributed by atoms with Crippen molar-refractivity contribution in [3.8, 4) is 0 Å². The molecular weight excluding hydrogens is 202 g/mol. The SMILES string of the molecule is CCCCn1ccnc1NC1CCOCC1. The number of anilines is 1. The minimum Gasteiger partial charge on any atom is -0.381 e. The van der Waals surface area contributed by atoms with Crippen LogP contribution in [0, 0.1) is 0 Å². The molecule has 90 valence electrons. The average Bonchev–Trinajstić information content (AvgIpc) is 2.75. The second-order valence-corrected chi connectivity index (χ2v) is 4.33. The predicted octanol–water partition coefficient (Wildman–Crippen LogP) is 2.27. The Kier molecular flexibility index (Phi) is 4.22. The van der Waals surface area contributed by atoms with E-state index in [1.807, 2.05) is 6.20 Å². The van der Waals surface area contributed by atoms with Crippen LogP contribution in [0.1, 0.15) is 32.6 Å². The quantitative estimate of drug-likeness (QED) is 0.832. The number of rotatable bonds is 5. The molecule has 2 rings (SSSR count). The zero-order chi connectivity index (χ0) is 11.2. The number of ether oxygens (including phenoxy) is 1. The summed E-state index contributed by atoms with van der Waals surface area (Å²) >= 11 is 0. The largest absolute Gasteiger partial charge is 0.381 e. The van der Waals surface area contributed by atoms with Gasteiger partial charge < -0.3 is 14.6 Å². The van der Waals surface area contributed by atoms with E-state index < -0.39 is 0 Å². The summed E-state index contributed by atoms with van der Waals surface area (Å²) in [5.41, 5.74) is 0. The molecular formula is C12H21N3O. The number of hydrogen-bond donors (Lipinski definition) is 1. The summed E-state index contributed by atoms with van der Waals surface area (Å²) in [5, 5.41) is 3.51. The highest BCUT2D eigenvalue weighted by Gasteiger charge is 2.15. The fourth-order valence-corrected chi connectivity index (χ4v) is 1.98. The molecule has 0 unspecified atom stereocenters. The van der Waals surface area contributed by atoms with Gasteiger partial charge in [-0.25, -0.2) is 4.98 Å². The monoisotopic (exact) mass is 223 g/mol. The minimum absolute atomic E-state index is 0.525. The molecule has 0 atom stereocenters. The number of hydrogen-bond acceptors (Lipinski definition) is 3. The van der Waals surface area contributed by atoms with Gasteiger partial charge in [-0.1, -0.05) is 13.3 Å². The van der Waals surface area contributed by atoms with Crippen molar-refractivity contribution in [2.45, 2.75) is 45.2 Å². The van der Waals surface area contributed by atoms with Crippen LogP contribution in [0.25, 0.3) is 0 Å². The standard InChI is InChI=1S/C12H21N3O/c1-2-3-7-15-8-6-13-12(15)14-11-4-9-16-10-5-11/h6,8,11H,2-5,7,9-10H2,1H3,(H,13,14). The first-order chi connectivity index (χ1) is 7.90. The van der Waals surface area contributed by atoms with Crippen molar-refractivity contribution >= 4 is 5.95 Å². The summed E-state index contributed by atoms with van der Waals surface area (Å²) in [6.07, 6.45) is 8.52. The topological polar surface area (TPSA) is 39.1 Å². The lowest BCUT2D eigenvalue weighted by Gasteiger charge is -2.23. The van der Waals surface area contributed by atoms with E-state index in [-0.39, 0.29) is 0 Å². The van der Waals surface area contributed by atoms with Gasteiger partial charge in [0.05, 0.1) is 0 Å². The van der Waals surface area contributed by atoms with Crippen molar-refractivity contribution in [1.29, 1.82) is 0 Å². The third kappa shape index (κ3) is 2.98. The van der Waals surface area contributed by atoms with E-state index in [2.05, 4.69) is 28.0 Å². The van der Waals surface area contributed by atoms with E-state index in [9.17, 15) is 0 Å². The van der Waals surface area contributed by atoms with Gasteiger partial charge in [0.1, 0.15) is 0 Å². The van der Waals surface area contributed by atoms with Gasteiger partial charge in [-0.3, -0.25) is 0 Å². The van der Waals surface area contributed by atoms with Gasteiger partial charge in [-0.05, 0) is 19.3 Å². The Morgan fingerprint density at radius 3 is 3.06 bits per heavy atom. The van der Waals surface area contributed by atoms with E-state index in [0.29, 0.717) is 6.04 Å². The number of aryl methyl sites for hydroxylation is 1. The summed E-state index contributed by atoms with van der Waals surface area (Å²) in [4.78, 5) is 4.37. The summed E-state index contributed by atoms with van der Waals surface area (Å²) in [6, 6.07) is 0.525. The van der Waals surface area contributed by atoms with Crippen molar-refractivity contribution in [1.82, 2.24) is 9.55 Å². The molecule has 1 N–H and O–H groups in total. The molecule has 2 heterocycles. The molecule has 4 nitrogen and oxygen atoms in total. The highest BCUT2D eigenvalue weighted by Crippen LogP contribution is 2.14. The van der Waals surface area contributed by atoms with Crippen LogP contribution in [0.5, 0.6) is 0 Å². The van der Waals surface area contributed by atoms with Crippen molar-refractivity contribution in [2.75, 3.05) is 18.5 Å². The Morgan fingerprint density at radius 2 is 2.31 bits per heavy atom. The Labute approximate surface area is 97.0 Å². The van der Waals surface area contributed by atoms with Crippen LogP contribution in [0.4, 0.5) is 5.95 Å². The lowest BCUT2D eigenvalue weighted by Crippen LogP contribution is -2.29. The normalized spacial score (nSPS) is 17.6. The van der Waals surface area contributed by atoms with Gasteiger partial charge in [0.25, 0.3) is 0 Å². The number of unbranched alkanes of at least 4 members (excludes halogenated alkanes) is 1. The Morgan fingerprint density at radius 1 is 1.50 bits per heavy atom. The van der Waals surface area contributed by atoms with Gasteiger partial charge in [-0.2, -0.15) is 0 Å². The maximum atomic E-state index is 5.35. The van der Waals surface area contributed by atoms with E-state index >= 15 is 0 Å². The van der Waals surface area contributed by atoms with E-state index in [1.165, 1.54) is 12.8 Å². The Balaban J connectivity index is 1.89. The summed E-state index contributed by atoms with van der Waals surface area (Å²) < 4.78 is 7.55. The highest BCUT2D eigenvalue weighted by atomic mass is 16.5. The summed E-state index contributed by atoms with van der Waals surface area (Å²) in [5.74, 6) is 1.01. The number of aromatic nitrogens is 2. The lowest BCUT2D eigenvalue weighted by molar-refractivity contribution is 0.0902. The Bertz CT molecular complexity index is 305. The van der Waals surface area contributed by atoms with Crippen LogP contribution in [0.15, 0.2) is 12.4 Å².